The topological polar surface area (TPSA) is 92.8 Å². The molecule has 206 valence electrons. The van der Waals surface area contributed by atoms with E-state index in [1.807, 2.05) is 91.9 Å². The van der Waals surface area contributed by atoms with E-state index in [4.69, 9.17) is 9.52 Å². The Labute approximate surface area is 239 Å². The zero-order chi connectivity index (χ0) is 28.3. The summed E-state index contributed by atoms with van der Waals surface area (Å²) in [6.07, 6.45) is 2.31. The van der Waals surface area contributed by atoms with Crippen molar-refractivity contribution >= 4 is 23.0 Å². The minimum absolute atomic E-state index is 0.00439. The first-order valence-electron chi connectivity index (χ1n) is 14.2. The molecule has 1 saturated carbocycles. The summed E-state index contributed by atoms with van der Waals surface area (Å²) in [7, 11) is 0. The number of allylic oxidation sites excluding steroid dienone is 2. The number of nitrogens with zero attached hydrogens (tertiary/aromatic N) is 2. The molecule has 0 bridgehead atoms. The van der Waals surface area contributed by atoms with Gasteiger partial charge in [-0.25, -0.2) is 0 Å². The highest BCUT2D eigenvalue weighted by molar-refractivity contribution is 6.25. The van der Waals surface area contributed by atoms with E-state index in [0.29, 0.717) is 54.8 Å². The van der Waals surface area contributed by atoms with Crippen molar-refractivity contribution in [2.45, 2.75) is 57.3 Å². The van der Waals surface area contributed by atoms with Crippen LogP contribution in [0.2, 0.25) is 0 Å². The molecule has 0 amide bonds. The van der Waals surface area contributed by atoms with E-state index in [1.165, 1.54) is 0 Å². The number of aryl methyl sites for hydroxylation is 2. The summed E-state index contributed by atoms with van der Waals surface area (Å²) in [5.74, 6) is 0.504. The summed E-state index contributed by atoms with van der Waals surface area (Å²) in [5, 5.41) is 15.5. The Morgan fingerprint density at radius 2 is 1.44 bits per heavy atom. The molecule has 0 radical (unpaired) electrons. The van der Waals surface area contributed by atoms with Crippen molar-refractivity contribution in [3.8, 4) is 0 Å². The minimum atomic E-state index is -0.126. The first kappa shape index (κ1) is 26.6. The number of aliphatic hydroxyl groups excluding tert-OH is 1. The van der Waals surface area contributed by atoms with Crippen LogP contribution in [0, 0.1) is 6.92 Å². The van der Waals surface area contributed by atoms with Crippen LogP contribution >= 0.6 is 0 Å². The number of ketones is 2. The van der Waals surface area contributed by atoms with Crippen LogP contribution < -0.4 is 0 Å². The third kappa shape index (κ3) is 5.55. The second-order valence-corrected chi connectivity index (χ2v) is 11.0. The van der Waals surface area contributed by atoms with Gasteiger partial charge in [0.15, 0.2) is 11.6 Å². The van der Waals surface area contributed by atoms with Gasteiger partial charge in [-0.2, -0.15) is 0 Å². The van der Waals surface area contributed by atoms with Crippen molar-refractivity contribution in [1.82, 2.24) is 5.16 Å². The summed E-state index contributed by atoms with van der Waals surface area (Å²) in [6, 6.07) is 27.7. The molecule has 6 heteroatoms. The van der Waals surface area contributed by atoms with E-state index in [9.17, 15) is 14.7 Å². The van der Waals surface area contributed by atoms with Gasteiger partial charge in [0.05, 0.1) is 28.2 Å². The normalized spacial score (nSPS) is 21.1. The molecule has 0 saturated heterocycles. The number of fused-ring (bicyclic) bond motifs is 1. The molecule has 2 unspecified atom stereocenters. The predicted octanol–water partition coefficient (Wildman–Crippen LogP) is 7.56. The highest BCUT2D eigenvalue weighted by Crippen LogP contribution is 2.37. The summed E-state index contributed by atoms with van der Waals surface area (Å²) in [6.45, 7) is 1.98. The molecule has 0 aliphatic heterocycles. The molecule has 1 N–H and O–H groups in total. The molecule has 6 nitrogen and oxygen atoms in total. The molecule has 0 spiro atoms. The fourth-order valence-electron chi connectivity index (χ4n) is 6.05. The maximum Gasteiger partial charge on any atom is 0.168 e. The lowest BCUT2D eigenvalue weighted by Crippen LogP contribution is -2.26. The number of Topliss-reactive ketones (excluding diaryl/α,β-unsaturated/α-hetero) is 2. The number of benzene rings is 3. The maximum absolute atomic E-state index is 13.5. The summed E-state index contributed by atoms with van der Waals surface area (Å²) >= 11 is 0. The van der Waals surface area contributed by atoms with Gasteiger partial charge in [0, 0.05) is 32.1 Å². The minimum Gasteiger partial charge on any atom is -0.511 e. The quantitative estimate of drug-likeness (QED) is 0.200. The van der Waals surface area contributed by atoms with Crippen LogP contribution in [0.3, 0.4) is 0 Å². The van der Waals surface area contributed by atoms with Crippen LogP contribution in [0.5, 0.6) is 0 Å². The molecule has 1 heterocycles. The number of aliphatic hydroxyl groups is 1. The second-order valence-electron chi connectivity index (χ2n) is 11.0. The third-order valence-corrected chi connectivity index (χ3v) is 8.21. The first-order valence-corrected chi connectivity index (χ1v) is 14.2. The van der Waals surface area contributed by atoms with Gasteiger partial charge >= 0.3 is 0 Å². The van der Waals surface area contributed by atoms with Gasteiger partial charge in [0.25, 0.3) is 0 Å². The SMILES string of the molecule is Cc1ccccc1N=C1CC(c2ccccc2)CC(=O)/C1=C(/O)CCc1noc2c1C(=O)CC(c1ccccc1)C2. The molecule has 41 heavy (non-hydrogen) atoms. The third-order valence-electron chi connectivity index (χ3n) is 8.21. The lowest BCUT2D eigenvalue weighted by atomic mass is 9.78. The van der Waals surface area contributed by atoms with Crippen LogP contribution in [0.15, 0.2) is 106 Å². The van der Waals surface area contributed by atoms with Gasteiger partial charge < -0.3 is 9.63 Å². The van der Waals surface area contributed by atoms with Crippen molar-refractivity contribution in [1.29, 1.82) is 0 Å². The summed E-state index contributed by atoms with van der Waals surface area (Å²) < 4.78 is 5.63. The van der Waals surface area contributed by atoms with Crippen LogP contribution in [-0.2, 0) is 17.6 Å². The van der Waals surface area contributed by atoms with E-state index in [2.05, 4.69) is 5.16 Å². The van der Waals surface area contributed by atoms with E-state index in [1.54, 1.807) is 0 Å². The fourth-order valence-corrected chi connectivity index (χ4v) is 6.05. The monoisotopic (exact) mass is 544 g/mol. The van der Waals surface area contributed by atoms with Gasteiger partial charge in [-0.3, -0.25) is 14.6 Å². The molecule has 1 fully saturated rings. The number of hydrogen-bond donors (Lipinski definition) is 1. The Kier molecular flexibility index (Phi) is 7.47. The molecule has 6 rings (SSSR count). The van der Waals surface area contributed by atoms with Gasteiger partial charge in [-0.05, 0) is 47.9 Å². The number of hydrogen-bond acceptors (Lipinski definition) is 6. The van der Waals surface area contributed by atoms with Crippen molar-refractivity contribution in [2.24, 2.45) is 4.99 Å². The highest BCUT2D eigenvalue weighted by atomic mass is 16.5. The molecule has 2 aliphatic rings. The first-order chi connectivity index (χ1) is 20.0. The number of carbonyl (C=O) groups excluding carboxylic acids is 2. The Balaban J connectivity index is 1.27. The molecular formula is C35H32N2O4. The number of para-hydroxylation sites is 1. The van der Waals surface area contributed by atoms with E-state index in [-0.39, 0.29) is 41.2 Å². The Hall–Kier alpha value is -4.58. The second kappa shape index (κ2) is 11.5. The standard InChI is InChI=1S/C35H32N2O4/c1-22-10-8-9-15-27(22)36-29-18-25(23-11-4-2-5-12-23)19-31(39)34(29)30(38)17-16-28-35-32(40)20-26(21-33(35)41-37-28)24-13-6-3-7-14-24/h2-15,25-26,38H,16-21H2,1H3/b34-30+,36-29?. The van der Waals surface area contributed by atoms with E-state index >= 15 is 0 Å². The zero-order valence-corrected chi connectivity index (χ0v) is 23.0. The van der Waals surface area contributed by atoms with Crippen molar-refractivity contribution in [3.63, 3.8) is 0 Å². The van der Waals surface area contributed by atoms with Gasteiger partial charge in [-0.15, -0.1) is 0 Å². The molecule has 3 aromatic carbocycles. The molecule has 2 aliphatic carbocycles. The molecule has 4 aromatic rings. The average molecular weight is 545 g/mol. The maximum atomic E-state index is 13.5. The largest absolute Gasteiger partial charge is 0.511 e. The lowest BCUT2D eigenvalue weighted by Gasteiger charge is -2.26. The van der Waals surface area contributed by atoms with Crippen LogP contribution in [0.1, 0.15) is 76.0 Å². The molecular weight excluding hydrogens is 512 g/mol. The summed E-state index contributed by atoms with van der Waals surface area (Å²) in [5.41, 5.74) is 5.90. The summed E-state index contributed by atoms with van der Waals surface area (Å²) in [4.78, 5) is 31.6. The lowest BCUT2D eigenvalue weighted by molar-refractivity contribution is -0.116. The van der Waals surface area contributed by atoms with Crippen LogP contribution in [0.4, 0.5) is 5.69 Å². The number of aliphatic imine (C=N–C) groups is 1. The van der Waals surface area contributed by atoms with Crippen LogP contribution in [-0.4, -0.2) is 27.5 Å². The number of carbonyl (C=O) groups is 2. The van der Waals surface area contributed by atoms with Crippen LogP contribution in [0.25, 0.3) is 0 Å². The Bertz CT molecular complexity index is 1650. The molecule has 1 aromatic heterocycles. The van der Waals surface area contributed by atoms with Gasteiger partial charge in [-0.1, -0.05) is 84.0 Å². The number of aromatic nitrogens is 1. The predicted molar refractivity (Wildman–Crippen MR) is 158 cm³/mol. The fraction of sp³-hybridized carbons (Fsp3) is 0.257. The van der Waals surface area contributed by atoms with Crippen molar-refractivity contribution in [3.05, 3.63) is 130 Å². The zero-order valence-electron chi connectivity index (χ0n) is 23.0. The van der Waals surface area contributed by atoms with E-state index < -0.39 is 0 Å². The Morgan fingerprint density at radius 3 is 2.12 bits per heavy atom. The Morgan fingerprint density at radius 1 is 0.829 bits per heavy atom. The van der Waals surface area contributed by atoms with Crippen molar-refractivity contribution in [2.75, 3.05) is 0 Å². The highest BCUT2D eigenvalue weighted by Gasteiger charge is 2.34. The van der Waals surface area contributed by atoms with Gasteiger partial charge in [0.2, 0.25) is 0 Å². The number of rotatable bonds is 6. The smallest absolute Gasteiger partial charge is 0.168 e. The molecule has 2 atom stereocenters. The van der Waals surface area contributed by atoms with Crippen molar-refractivity contribution < 1.29 is 19.2 Å². The van der Waals surface area contributed by atoms with E-state index in [0.717, 1.165) is 22.4 Å². The average Bonchev–Trinajstić information content (AvgIpc) is 3.41. The van der Waals surface area contributed by atoms with Gasteiger partial charge in [0.1, 0.15) is 11.5 Å².